The molecule has 1 aromatic carbocycles. The highest BCUT2D eigenvalue weighted by Gasteiger charge is 2.28. The lowest BCUT2D eigenvalue weighted by Crippen LogP contribution is -2.36. The Hall–Kier alpha value is -1.55. The predicted molar refractivity (Wildman–Crippen MR) is 88.7 cm³/mol. The van der Waals surface area contributed by atoms with E-state index >= 15 is 0 Å². The molecule has 1 aromatic rings. The van der Waals surface area contributed by atoms with Gasteiger partial charge >= 0.3 is 0 Å². The van der Waals surface area contributed by atoms with Crippen LogP contribution >= 0.6 is 0 Å². The van der Waals surface area contributed by atoms with E-state index in [-0.39, 0.29) is 0 Å². The number of rotatable bonds is 4. The number of nitrogens with zero attached hydrogens (tertiary/aromatic N) is 1. The van der Waals surface area contributed by atoms with Gasteiger partial charge in [0.1, 0.15) is 0 Å². The second-order valence-electron chi connectivity index (χ2n) is 6.39. The number of nitrogens with one attached hydrogen (secondary N) is 1. The third-order valence-electron chi connectivity index (χ3n) is 4.15. The summed E-state index contributed by atoms with van der Waals surface area (Å²) in [5, 5.41) is 13.5. The molecule has 0 amide bonds. The minimum atomic E-state index is -0.662. The molecule has 116 valence electrons. The van der Waals surface area contributed by atoms with Crippen molar-refractivity contribution in [1.82, 2.24) is 0 Å². The van der Waals surface area contributed by atoms with Crippen LogP contribution in [0.3, 0.4) is 0 Å². The number of nitrogens with two attached hydrogens (primary N) is 1. The second kappa shape index (κ2) is 6.94. The standard InChI is InChI=1S/C17H27N3O/c1-13(2)14-7-6-8-15(11-14)20-16(18)19-12-17(21)9-4-3-5-10-17/h6-8,11,13,21H,3-5,9-10,12H2,1-2H3,(H3,18,19,20). The quantitative estimate of drug-likeness (QED) is 0.588. The molecule has 2 rings (SSSR count). The summed E-state index contributed by atoms with van der Waals surface area (Å²) in [6, 6.07) is 8.18. The van der Waals surface area contributed by atoms with Crippen molar-refractivity contribution in [1.29, 1.82) is 0 Å². The lowest BCUT2D eigenvalue weighted by molar-refractivity contribution is 0.0132. The average Bonchev–Trinajstić information content (AvgIpc) is 2.46. The van der Waals surface area contributed by atoms with Crippen molar-refractivity contribution in [3.8, 4) is 0 Å². The fourth-order valence-electron chi connectivity index (χ4n) is 2.76. The number of hydrogen-bond acceptors (Lipinski definition) is 2. The molecule has 1 aliphatic carbocycles. The van der Waals surface area contributed by atoms with E-state index in [0.717, 1.165) is 31.4 Å². The highest BCUT2D eigenvalue weighted by atomic mass is 16.3. The van der Waals surface area contributed by atoms with Crippen molar-refractivity contribution in [3.63, 3.8) is 0 Å². The number of benzene rings is 1. The van der Waals surface area contributed by atoms with Gasteiger partial charge in [-0.05, 0) is 36.5 Å². The molecule has 0 aliphatic heterocycles. The van der Waals surface area contributed by atoms with Crippen molar-refractivity contribution >= 4 is 11.6 Å². The Morgan fingerprint density at radius 1 is 1.33 bits per heavy atom. The van der Waals surface area contributed by atoms with Crippen molar-refractivity contribution < 1.29 is 5.11 Å². The third-order valence-corrected chi connectivity index (χ3v) is 4.15. The van der Waals surface area contributed by atoms with Gasteiger partial charge in [0.15, 0.2) is 5.96 Å². The number of hydrogen-bond donors (Lipinski definition) is 3. The van der Waals surface area contributed by atoms with Crippen LogP contribution in [-0.4, -0.2) is 23.2 Å². The van der Waals surface area contributed by atoms with E-state index in [1.165, 1.54) is 12.0 Å². The number of guanidine groups is 1. The first-order valence-electron chi connectivity index (χ1n) is 7.88. The van der Waals surface area contributed by atoms with Gasteiger partial charge in [-0.25, -0.2) is 0 Å². The molecule has 21 heavy (non-hydrogen) atoms. The van der Waals surface area contributed by atoms with Crippen molar-refractivity contribution in [3.05, 3.63) is 29.8 Å². The zero-order valence-corrected chi connectivity index (χ0v) is 13.1. The van der Waals surface area contributed by atoms with E-state index in [1.54, 1.807) is 0 Å². The van der Waals surface area contributed by atoms with E-state index in [2.05, 4.69) is 36.3 Å². The molecule has 0 spiro atoms. The topological polar surface area (TPSA) is 70.6 Å². The summed E-state index contributed by atoms with van der Waals surface area (Å²) in [6.07, 6.45) is 5.02. The molecular weight excluding hydrogens is 262 g/mol. The van der Waals surface area contributed by atoms with Gasteiger partial charge in [0.25, 0.3) is 0 Å². The van der Waals surface area contributed by atoms with Gasteiger partial charge in [-0.1, -0.05) is 45.2 Å². The molecule has 0 radical (unpaired) electrons. The van der Waals surface area contributed by atoms with Crippen molar-refractivity contribution in [2.24, 2.45) is 10.7 Å². The van der Waals surface area contributed by atoms with Gasteiger partial charge in [0, 0.05) is 5.69 Å². The van der Waals surface area contributed by atoms with Crippen molar-refractivity contribution in [2.75, 3.05) is 11.9 Å². The van der Waals surface area contributed by atoms with Crippen LogP contribution in [-0.2, 0) is 0 Å². The van der Waals surface area contributed by atoms with Crippen LogP contribution in [0.2, 0.25) is 0 Å². The molecule has 0 heterocycles. The molecule has 0 saturated heterocycles. The van der Waals surface area contributed by atoms with E-state index in [9.17, 15) is 5.11 Å². The van der Waals surface area contributed by atoms with Crippen LogP contribution in [0.1, 0.15) is 57.4 Å². The summed E-state index contributed by atoms with van der Waals surface area (Å²) in [6.45, 7) is 4.71. The van der Waals surface area contributed by atoms with Crippen LogP contribution < -0.4 is 11.1 Å². The maximum absolute atomic E-state index is 10.4. The Kier molecular flexibility index (Phi) is 5.23. The molecule has 4 heteroatoms. The fraction of sp³-hybridized carbons (Fsp3) is 0.588. The summed E-state index contributed by atoms with van der Waals surface area (Å²) in [5.41, 5.74) is 7.48. The van der Waals surface area contributed by atoms with Gasteiger partial charge in [-0.2, -0.15) is 0 Å². The first-order chi connectivity index (χ1) is 9.98. The van der Waals surface area contributed by atoms with Gasteiger partial charge in [0.2, 0.25) is 0 Å². The molecule has 4 nitrogen and oxygen atoms in total. The maximum Gasteiger partial charge on any atom is 0.193 e. The van der Waals surface area contributed by atoms with Crippen molar-refractivity contribution in [2.45, 2.75) is 57.5 Å². The Morgan fingerprint density at radius 3 is 2.71 bits per heavy atom. The smallest absolute Gasteiger partial charge is 0.193 e. The first-order valence-corrected chi connectivity index (χ1v) is 7.88. The van der Waals surface area contributed by atoms with E-state index in [0.29, 0.717) is 18.4 Å². The Bertz CT molecular complexity index is 491. The Morgan fingerprint density at radius 2 is 2.05 bits per heavy atom. The van der Waals surface area contributed by atoms with Gasteiger partial charge < -0.3 is 16.2 Å². The van der Waals surface area contributed by atoms with Crippen LogP contribution in [0.5, 0.6) is 0 Å². The molecule has 1 aliphatic rings. The number of aliphatic imine (C=N–C) groups is 1. The molecule has 1 fully saturated rings. The SMILES string of the molecule is CC(C)c1cccc(NC(N)=NCC2(O)CCCCC2)c1. The van der Waals surface area contributed by atoms with E-state index in [4.69, 9.17) is 5.73 Å². The summed E-state index contributed by atoms with van der Waals surface area (Å²) >= 11 is 0. The molecule has 0 unspecified atom stereocenters. The monoisotopic (exact) mass is 289 g/mol. The predicted octanol–water partition coefficient (Wildman–Crippen LogP) is 3.23. The van der Waals surface area contributed by atoms with Crippen LogP contribution in [0.15, 0.2) is 29.3 Å². The highest BCUT2D eigenvalue weighted by molar-refractivity contribution is 5.92. The Balaban J connectivity index is 1.95. The average molecular weight is 289 g/mol. The molecule has 0 atom stereocenters. The second-order valence-corrected chi connectivity index (χ2v) is 6.39. The van der Waals surface area contributed by atoms with E-state index < -0.39 is 5.60 Å². The zero-order valence-electron chi connectivity index (χ0n) is 13.1. The van der Waals surface area contributed by atoms with Gasteiger partial charge in [-0.15, -0.1) is 0 Å². The normalized spacial score (nSPS) is 18.8. The lowest BCUT2D eigenvalue weighted by atomic mass is 9.85. The molecule has 4 N–H and O–H groups in total. The number of aliphatic hydroxyl groups is 1. The van der Waals surface area contributed by atoms with Crippen LogP contribution in [0.25, 0.3) is 0 Å². The summed E-state index contributed by atoms with van der Waals surface area (Å²) in [5.74, 6) is 0.850. The lowest BCUT2D eigenvalue weighted by Gasteiger charge is -2.30. The van der Waals surface area contributed by atoms with Gasteiger partial charge in [0.05, 0.1) is 12.1 Å². The van der Waals surface area contributed by atoms with E-state index in [1.807, 2.05) is 12.1 Å². The molecule has 0 bridgehead atoms. The fourth-order valence-corrected chi connectivity index (χ4v) is 2.76. The summed E-state index contributed by atoms with van der Waals surface area (Å²) in [4.78, 5) is 4.32. The number of anilines is 1. The minimum absolute atomic E-state index is 0.370. The minimum Gasteiger partial charge on any atom is -0.388 e. The largest absolute Gasteiger partial charge is 0.388 e. The zero-order chi connectivity index (χ0) is 15.3. The van der Waals surface area contributed by atoms with Gasteiger partial charge in [-0.3, -0.25) is 4.99 Å². The summed E-state index contributed by atoms with van der Waals surface area (Å²) < 4.78 is 0. The molecule has 0 aromatic heterocycles. The Labute approximate surface area is 127 Å². The molecular formula is C17H27N3O. The molecule has 1 saturated carbocycles. The highest BCUT2D eigenvalue weighted by Crippen LogP contribution is 2.28. The first kappa shape index (κ1) is 15.8. The van der Waals surface area contributed by atoms with Crippen LogP contribution in [0, 0.1) is 0 Å². The third kappa shape index (κ3) is 4.74. The van der Waals surface area contributed by atoms with Crippen LogP contribution in [0.4, 0.5) is 5.69 Å². The maximum atomic E-state index is 10.4. The summed E-state index contributed by atoms with van der Waals surface area (Å²) in [7, 11) is 0.